The van der Waals surface area contributed by atoms with Crippen molar-refractivity contribution in [1.29, 1.82) is 0 Å². The first-order valence-electron chi connectivity index (χ1n) is 8.63. The molecule has 0 saturated heterocycles. The van der Waals surface area contributed by atoms with Gasteiger partial charge < -0.3 is 19.9 Å². The maximum Gasteiger partial charge on any atom is 0.175 e. The van der Waals surface area contributed by atoms with E-state index in [9.17, 15) is 5.11 Å². The molecule has 0 fully saturated rings. The van der Waals surface area contributed by atoms with E-state index in [-0.39, 0.29) is 15.8 Å². The Balaban J connectivity index is 1.74. The molecule has 2 N–H and O–H groups in total. The smallest absolute Gasteiger partial charge is 0.175 e. The fourth-order valence-electron chi connectivity index (χ4n) is 2.67. The van der Waals surface area contributed by atoms with Crippen LogP contribution >= 0.6 is 62.3 Å². The minimum atomic E-state index is -0.142. The molecular formula is C21H16BrCl4NO3. The summed E-state index contributed by atoms with van der Waals surface area (Å²) < 4.78 is 12.2. The van der Waals surface area contributed by atoms with Gasteiger partial charge in [-0.15, -0.1) is 0 Å². The summed E-state index contributed by atoms with van der Waals surface area (Å²) in [7, 11) is 1.57. The molecule has 0 heterocycles. The van der Waals surface area contributed by atoms with Gasteiger partial charge in [0.05, 0.1) is 31.7 Å². The topological polar surface area (TPSA) is 50.7 Å². The maximum atomic E-state index is 9.67. The molecule has 0 radical (unpaired) electrons. The standard InChI is InChI=1S/C21H16BrCl4NO3/c1-29-19-6-12(9-27-13-7-17(25)20(28)18(26)8-13)4-14(22)21(19)30-10-11-2-3-15(23)16(24)5-11/h2-8,27-28H,9-10H2,1H3. The number of hydrogen-bond donors (Lipinski definition) is 2. The molecule has 4 nitrogen and oxygen atoms in total. The van der Waals surface area contributed by atoms with E-state index in [0.29, 0.717) is 40.4 Å². The first-order chi connectivity index (χ1) is 14.3. The van der Waals surface area contributed by atoms with Crippen molar-refractivity contribution in [2.45, 2.75) is 13.2 Å². The van der Waals surface area contributed by atoms with Gasteiger partial charge in [-0.25, -0.2) is 0 Å². The average Bonchev–Trinajstić information content (AvgIpc) is 2.71. The molecule has 158 valence electrons. The molecule has 9 heteroatoms. The lowest BCUT2D eigenvalue weighted by Crippen LogP contribution is -2.03. The molecule has 3 aromatic carbocycles. The Morgan fingerprint density at radius 2 is 1.60 bits per heavy atom. The largest absolute Gasteiger partial charge is 0.505 e. The number of anilines is 1. The van der Waals surface area contributed by atoms with Crippen molar-refractivity contribution in [2.24, 2.45) is 0 Å². The highest BCUT2D eigenvalue weighted by Crippen LogP contribution is 2.38. The predicted molar refractivity (Wildman–Crippen MR) is 127 cm³/mol. The number of nitrogens with one attached hydrogen (secondary N) is 1. The Kier molecular flexibility index (Phi) is 7.88. The van der Waals surface area contributed by atoms with Gasteiger partial charge in [0.15, 0.2) is 17.2 Å². The first-order valence-corrected chi connectivity index (χ1v) is 10.9. The van der Waals surface area contributed by atoms with E-state index >= 15 is 0 Å². The van der Waals surface area contributed by atoms with Gasteiger partial charge >= 0.3 is 0 Å². The second-order valence-corrected chi connectivity index (χ2v) is 8.77. The quantitative estimate of drug-likeness (QED) is 0.292. The van der Waals surface area contributed by atoms with E-state index in [0.717, 1.165) is 15.6 Å². The van der Waals surface area contributed by atoms with Gasteiger partial charge in [-0.1, -0.05) is 52.5 Å². The minimum absolute atomic E-state index is 0.142. The molecular weight excluding hydrogens is 536 g/mol. The van der Waals surface area contributed by atoms with Crippen LogP contribution in [-0.2, 0) is 13.2 Å². The number of rotatable bonds is 7. The van der Waals surface area contributed by atoms with Gasteiger partial charge in [0, 0.05) is 12.2 Å². The number of hydrogen-bond acceptors (Lipinski definition) is 4. The summed E-state index contributed by atoms with van der Waals surface area (Å²) in [4.78, 5) is 0. The number of aromatic hydroxyl groups is 1. The van der Waals surface area contributed by atoms with Gasteiger partial charge in [0.2, 0.25) is 0 Å². The van der Waals surface area contributed by atoms with Crippen molar-refractivity contribution >= 4 is 68.0 Å². The van der Waals surface area contributed by atoms with Crippen LogP contribution in [-0.4, -0.2) is 12.2 Å². The van der Waals surface area contributed by atoms with Crippen LogP contribution in [0.4, 0.5) is 5.69 Å². The van der Waals surface area contributed by atoms with E-state index < -0.39 is 0 Å². The molecule has 3 rings (SSSR count). The summed E-state index contributed by atoms with van der Waals surface area (Å²) in [6.07, 6.45) is 0. The molecule has 0 bridgehead atoms. The zero-order valence-corrected chi connectivity index (χ0v) is 20.2. The van der Waals surface area contributed by atoms with Crippen LogP contribution in [0.5, 0.6) is 17.2 Å². The fraction of sp³-hybridized carbons (Fsp3) is 0.143. The van der Waals surface area contributed by atoms with Crippen LogP contribution in [0.3, 0.4) is 0 Å². The van der Waals surface area contributed by atoms with Crippen molar-refractivity contribution in [3.8, 4) is 17.2 Å². The van der Waals surface area contributed by atoms with E-state index in [1.807, 2.05) is 18.2 Å². The molecule has 0 amide bonds. The lowest BCUT2D eigenvalue weighted by molar-refractivity contribution is 0.282. The summed E-state index contributed by atoms with van der Waals surface area (Å²) in [6, 6.07) is 12.3. The van der Waals surface area contributed by atoms with Crippen molar-refractivity contribution < 1.29 is 14.6 Å². The Morgan fingerprint density at radius 1 is 0.900 bits per heavy atom. The third-order valence-electron chi connectivity index (χ3n) is 4.17. The van der Waals surface area contributed by atoms with E-state index in [1.54, 1.807) is 31.4 Å². The summed E-state index contributed by atoms with van der Waals surface area (Å²) >= 11 is 27.5. The second kappa shape index (κ2) is 10.2. The van der Waals surface area contributed by atoms with E-state index in [2.05, 4.69) is 21.2 Å². The number of ether oxygens (including phenoxy) is 2. The highest BCUT2D eigenvalue weighted by atomic mass is 79.9. The Labute approximate surface area is 202 Å². The molecule has 3 aromatic rings. The normalized spacial score (nSPS) is 10.7. The van der Waals surface area contributed by atoms with Crippen molar-refractivity contribution in [3.63, 3.8) is 0 Å². The minimum Gasteiger partial charge on any atom is -0.505 e. The van der Waals surface area contributed by atoms with Gasteiger partial charge in [0.25, 0.3) is 0 Å². The molecule has 0 aliphatic rings. The Bertz CT molecular complexity index is 1060. The van der Waals surface area contributed by atoms with Gasteiger partial charge in [0.1, 0.15) is 6.61 Å². The molecule has 0 aromatic heterocycles. The zero-order valence-electron chi connectivity index (χ0n) is 15.6. The number of halogens is 5. The van der Waals surface area contributed by atoms with Crippen molar-refractivity contribution in [3.05, 3.63) is 78.2 Å². The average molecular weight is 552 g/mol. The number of methoxy groups -OCH3 is 1. The summed E-state index contributed by atoms with van der Waals surface area (Å²) in [5.74, 6) is 1.00. The molecule has 30 heavy (non-hydrogen) atoms. The third-order valence-corrected chi connectivity index (χ3v) is 6.07. The number of phenols is 1. The van der Waals surface area contributed by atoms with Gasteiger partial charge in [-0.3, -0.25) is 0 Å². The van der Waals surface area contributed by atoms with Gasteiger partial charge in [-0.05, 0) is 63.5 Å². The Morgan fingerprint density at radius 3 is 2.23 bits per heavy atom. The lowest BCUT2D eigenvalue weighted by atomic mass is 10.2. The van der Waals surface area contributed by atoms with Crippen LogP contribution < -0.4 is 14.8 Å². The molecule has 0 aliphatic heterocycles. The van der Waals surface area contributed by atoms with Crippen molar-refractivity contribution in [1.82, 2.24) is 0 Å². The van der Waals surface area contributed by atoms with Gasteiger partial charge in [-0.2, -0.15) is 0 Å². The van der Waals surface area contributed by atoms with Crippen LogP contribution in [0.2, 0.25) is 20.1 Å². The summed E-state index contributed by atoms with van der Waals surface area (Å²) in [5.41, 5.74) is 2.49. The molecule has 0 spiro atoms. The summed E-state index contributed by atoms with van der Waals surface area (Å²) in [5, 5.41) is 14.2. The molecule has 0 unspecified atom stereocenters. The molecule has 0 atom stereocenters. The highest BCUT2D eigenvalue weighted by molar-refractivity contribution is 9.10. The first kappa shape index (κ1) is 23.2. The van der Waals surface area contributed by atoms with E-state index in [1.165, 1.54) is 0 Å². The monoisotopic (exact) mass is 549 g/mol. The Hall–Kier alpha value is -1.50. The van der Waals surface area contributed by atoms with Crippen LogP contribution in [0.15, 0.2) is 46.9 Å². The SMILES string of the molecule is COc1cc(CNc2cc(Cl)c(O)c(Cl)c2)cc(Br)c1OCc1ccc(Cl)c(Cl)c1. The zero-order chi connectivity index (χ0) is 21.8. The lowest BCUT2D eigenvalue weighted by Gasteiger charge is -2.15. The maximum absolute atomic E-state index is 9.67. The van der Waals surface area contributed by atoms with Crippen molar-refractivity contribution in [2.75, 3.05) is 12.4 Å². The molecule has 0 aliphatic carbocycles. The number of phenolic OH excluding ortho intramolecular Hbond substituents is 1. The van der Waals surface area contributed by atoms with E-state index in [4.69, 9.17) is 55.9 Å². The summed E-state index contributed by atoms with van der Waals surface area (Å²) in [6.45, 7) is 0.771. The predicted octanol–water partition coefficient (Wildman–Crippen LogP) is 7.97. The van der Waals surface area contributed by atoms with Crippen LogP contribution in [0.1, 0.15) is 11.1 Å². The number of benzene rings is 3. The van der Waals surface area contributed by atoms with Crippen LogP contribution in [0, 0.1) is 0 Å². The second-order valence-electron chi connectivity index (χ2n) is 6.29. The highest BCUT2D eigenvalue weighted by Gasteiger charge is 2.13. The third kappa shape index (κ3) is 5.59. The fourth-order valence-corrected chi connectivity index (χ4v) is 4.08. The molecule has 0 saturated carbocycles. The van der Waals surface area contributed by atoms with Crippen LogP contribution in [0.25, 0.3) is 0 Å².